The monoisotopic (exact) mass is 264 g/mol. The van der Waals surface area contributed by atoms with Crippen LogP contribution in [0.15, 0.2) is 30.6 Å². The SMILES string of the molecule is Nc1ccc(NC(=O)CCn2cc(O)cn2)cc1F. The van der Waals surface area contributed by atoms with Crippen molar-refractivity contribution in [3.05, 3.63) is 36.4 Å². The maximum Gasteiger partial charge on any atom is 0.226 e. The molecule has 0 saturated carbocycles. The van der Waals surface area contributed by atoms with Crippen molar-refractivity contribution >= 4 is 17.3 Å². The molecule has 100 valence electrons. The van der Waals surface area contributed by atoms with Gasteiger partial charge in [0.15, 0.2) is 5.75 Å². The minimum absolute atomic E-state index is 0.0324. The van der Waals surface area contributed by atoms with Crippen LogP contribution in [-0.2, 0) is 11.3 Å². The molecular formula is C12H13FN4O2. The van der Waals surface area contributed by atoms with Gasteiger partial charge in [0.25, 0.3) is 0 Å². The summed E-state index contributed by atoms with van der Waals surface area (Å²) in [6.07, 6.45) is 2.86. The lowest BCUT2D eigenvalue weighted by atomic mass is 10.2. The summed E-state index contributed by atoms with van der Waals surface area (Å²) in [6.45, 7) is 0.323. The first-order valence-electron chi connectivity index (χ1n) is 5.61. The number of hydrogen-bond acceptors (Lipinski definition) is 4. The van der Waals surface area contributed by atoms with E-state index in [4.69, 9.17) is 10.8 Å². The molecule has 0 radical (unpaired) electrons. The Labute approximate surface area is 108 Å². The molecule has 1 heterocycles. The van der Waals surface area contributed by atoms with Gasteiger partial charge in [-0.05, 0) is 18.2 Å². The smallest absolute Gasteiger partial charge is 0.226 e. The normalized spacial score (nSPS) is 10.4. The average molecular weight is 264 g/mol. The van der Waals surface area contributed by atoms with Crippen LogP contribution in [0.3, 0.4) is 0 Å². The second-order valence-corrected chi connectivity index (χ2v) is 4.00. The van der Waals surface area contributed by atoms with E-state index in [9.17, 15) is 9.18 Å². The fourth-order valence-electron chi connectivity index (χ4n) is 1.52. The largest absolute Gasteiger partial charge is 0.505 e. The summed E-state index contributed by atoms with van der Waals surface area (Å²) in [7, 11) is 0. The lowest BCUT2D eigenvalue weighted by molar-refractivity contribution is -0.116. The van der Waals surface area contributed by atoms with Crippen LogP contribution in [0.4, 0.5) is 15.8 Å². The summed E-state index contributed by atoms with van der Waals surface area (Å²) in [4.78, 5) is 11.6. The zero-order chi connectivity index (χ0) is 13.8. The van der Waals surface area contributed by atoms with Gasteiger partial charge >= 0.3 is 0 Å². The van der Waals surface area contributed by atoms with E-state index >= 15 is 0 Å². The lowest BCUT2D eigenvalue weighted by Gasteiger charge is -2.06. The number of aryl methyl sites for hydroxylation is 1. The van der Waals surface area contributed by atoms with Crippen LogP contribution < -0.4 is 11.1 Å². The van der Waals surface area contributed by atoms with Crippen molar-refractivity contribution in [1.82, 2.24) is 9.78 Å². The molecule has 0 fully saturated rings. The molecule has 6 nitrogen and oxygen atoms in total. The standard InChI is InChI=1S/C12H13FN4O2/c13-10-5-8(1-2-11(10)14)16-12(19)3-4-17-7-9(18)6-15-17/h1-2,5-7,18H,3-4,14H2,(H,16,19). The summed E-state index contributed by atoms with van der Waals surface area (Å²) >= 11 is 0. The highest BCUT2D eigenvalue weighted by atomic mass is 19.1. The number of nitrogens with zero attached hydrogens (tertiary/aromatic N) is 2. The maximum atomic E-state index is 13.2. The fraction of sp³-hybridized carbons (Fsp3) is 0.167. The van der Waals surface area contributed by atoms with Crippen molar-refractivity contribution in [1.29, 1.82) is 0 Å². The number of halogens is 1. The third kappa shape index (κ3) is 3.44. The molecule has 2 rings (SSSR count). The van der Waals surface area contributed by atoms with Gasteiger partial charge in [0.2, 0.25) is 5.91 Å². The number of aromatic nitrogens is 2. The Morgan fingerprint density at radius 2 is 2.32 bits per heavy atom. The molecule has 0 aliphatic rings. The molecule has 1 aromatic carbocycles. The molecule has 0 aliphatic heterocycles. The first kappa shape index (κ1) is 12.9. The minimum atomic E-state index is -0.574. The Bertz CT molecular complexity index is 597. The highest BCUT2D eigenvalue weighted by molar-refractivity contribution is 5.90. The number of nitrogens with two attached hydrogens (primary N) is 1. The summed E-state index contributed by atoms with van der Waals surface area (Å²) in [5.41, 5.74) is 5.71. The zero-order valence-electron chi connectivity index (χ0n) is 10.0. The summed E-state index contributed by atoms with van der Waals surface area (Å²) < 4.78 is 14.6. The molecule has 0 bridgehead atoms. The second kappa shape index (κ2) is 5.38. The summed E-state index contributed by atoms with van der Waals surface area (Å²) in [5.74, 6) is -0.810. The molecule has 0 aliphatic carbocycles. The van der Waals surface area contributed by atoms with Crippen LogP contribution in [0.25, 0.3) is 0 Å². The molecule has 7 heteroatoms. The van der Waals surface area contributed by atoms with Gasteiger partial charge in [-0.15, -0.1) is 0 Å². The van der Waals surface area contributed by atoms with E-state index in [0.717, 1.165) is 6.07 Å². The van der Waals surface area contributed by atoms with Crippen molar-refractivity contribution in [3.8, 4) is 5.75 Å². The zero-order valence-corrected chi connectivity index (χ0v) is 10.0. The lowest BCUT2D eigenvalue weighted by Crippen LogP contribution is -2.14. The van der Waals surface area contributed by atoms with Crippen LogP contribution in [-0.4, -0.2) is 20.8 Å². The van der Waals surface area contributed by atoms with Crippen LogP contribution in [0.5, 0.6) is 5.75 Å². The van der Waals surface area contributed by atoms with Crippen molar-refractivity contribution in [2.75, 3.05) is 11.1 Å². The molecule has 4 N–H and O–H groups in total. The van der Waals surface area contributed by atoms with Crippen LogP contribution >= 0.6 is 0 Å². The Morgan fingerprint density at radius 1 is 1.53 bits per heavy atom. The number of rotatable bonds is 4. The Balaban J connectivity index is 1.88. The minimum Gasteiger partial charge on any atom is -0.505 e. The van der Waals surface area contributed by atoms with Crippen molar-refractivity contribution in [2.24, 2.45) is 0 Å². The quantitative estimate of drug-likeness (QED) is 0.726. The number of nitrogen functional groups attached to an aromatic ring is 1. The highest BCUT2D eigenvalue weighted by Crippen LogP contribution is 2.16. The topological polar surface area (TPSA) is 93.2 Å². The van der Waals surface area contributed by atoms with Crippen LogP contribution in [0.2, 0.25) is 0 Å². The molecule has 0 spiro atoms. The van der Waals surface area contributed by atoms with E-state index in [1.165, 1.54) is 29.2 Å². The van der Waals surface area contributed by atoms with Crippen molar-refractivity contribution in [2.45, 2.75) is 13.0 Å². The van der Waals surface area contributed by atoms with E-state index in [1.54, 1.807) is 0 Å². The molecule has 1 amide bonds. The summed E-state index contributed by atoms with van der Waals surface area (Å²) in [6, 6.07) is 4.07. The van der Waals surface area contributed by atoms with Gasteiger partial charge in [-0.2, -0.15) is 5.10 Å². The molecule has 19 heavy (non-hydrogen) atoms. The van der Waals surface area contributed by atoms with Gasteiger partial charge in [-0.3, -0.25) is 9.48 Å². The molecule has 1 aromatic heterocycles. The average Bonchev–Trinajstić information content (AvgIpc) is 2.77. The maximum absolute atomic E-state index is 13.2. The second-order valence-electron chi connectivity index (χ2n) is 4.00. The predicted molar refractivity (Wildman–Crippen MR) is 68.0 cm³/mol. The van der Waals surface area contributed by atoms with E-state index in [-0.39, 0.29) is 23.8 Å². The third-order valence-corrected chi connectivity index (χ3v) is 2.47. The number of amides is 1. The van der Waals surface area contributed by atoms with Crippen molar-refractivity contribution in [3.63, 3.8) is 0 Å². The molecular weight excluding hydrogens is 251 g/mol. The molecule has 2 aromatic rings. The van der Waals surface area contributed by atoms with E-state index in [0.29, 0.717) is 12.2 Å². The number of anilines is 2. The first-order chi connectivity index (χ1) is 9.04. The van der Waals surface area contributed by atoms with E-state index < -0.39 is 5.82 Å². The molecule has 0 atom stereocenters. The summed E-state index contributed by atoms with van der Waals surface area (Å²) in [5, 5.41) is 15.5. The third-order valence-electron chi connectivity index (χ3n) is 2.47. The number of aromatic hydroxyl groups is 1. The Kier molecular flexibility index (Phi) is 3.65. The van der Waals surface area contributed by atoms with Gasteiger partial charge in [0.05, 0.1) is 18.1 Å². The number of carbonyl (C=O) groups is 1. The predicted octanol–water partition coefficient (Wildman–Crippen LogP) is 1.34. The highest BCUT2D eigenvalue weighted by Gasteiger charge is 2.06. The van der Waals surface area contributed by atoms with Gasteiger partial charge in [0, 0.05) is 18.7 Å². The number of nitrogens with one attached hydrogen (secondary N) is 1. The van der Waals surface area contributed by atoms with Gasteiger partial charge in [0.1, 0.15) is 5.82 Å². The Morgan fingerprint density at radius 3 is 2.95 bits per heavy atom. The molecule has 0 saturated heterocycles. The first-order valence-corrected chi connectivity index (χ1v) is 5.61. The number of carbonyl (C=O) groups excluding carboxylic acids is 1. The van der Waals surface area contributed by atoms with Gasteiger partial charge in [-0.25, -0.2) is 4.39 Å². The van der Waals surface area contributed by atoms with E-state index in [1.807, 2.05) is 0 Å². The van der Waals surface area contributed by atoms with Crippen LogP contribution in [0.1, 0.15) is 6.42 Å². The van der Waals surface area contributed by atoms with Crippen molar-refractivity contribution < 1.29 is 14.3 Å². The van der Waals surface area contributed by atoms with Gasteiger partial charge < -0.3 is 16.2 Å². The van der Waals surface area contributed by atoms with E-state index in [2.05, 4.69) is 10.4 Å². The fourth-order valence-corrected chi connectivity index (χ4v) is 1.52. The number of hydrogen-bond donors (Lipinski definition) is 3. The van der Waals surface area contributed by atoms with Crippen LogP contribution in [0, 0.1) is 5.82 Å². The molecule has 0 unspecified atom stereocenters. The van der Waals surface area contributed by atoms with Gasteiger partial charge in [-0.1, -0.05) is 0 Å². The Hall–Kier alpha value is -2.57. The number of benzene rings is 1.